The van der Waals surface area contributed by atoms with Gasteiger partial charge in [-0.25, -0.2) is 4.98 Å². The van der Waals surface area contributed by atoms with E-state index in [2.05, 4.69) is 33.1 Å². The van der Waals surface area contributed by atoms with Gasteiger partial charge in [-0.15, -0.1) is 11.3 Å². The SMILES string of the molecule is CCCNC(=O)CNCc1c(C)nc2sc(C)cn12. The summed E-state index contributed by atoms with van der Waals surface area (Å²) in [5.74, 6) is 0.0433. The highest BCUT2D eigenvalue weighted by Crippen LogP contribution is 2.20. The monoisotopic (exact) mass is 280 g/mol. The number of imidazole rings is 1. The minimum atomic E-state index is 0.0433. The Morgan fingerprint density at radius 2 is 2.26 bits per heavy atom. The van der Waals surface area contributed by atoms with Crippen LogP contribution in [0.4, 0.5) is 0 Å². The molecule has 0 saturated heterocycles. The Morgan fingerprint density at radius 1 is 1.47 bits per heavy atom. The molecule has 0 aliphatic carbocycles. The lowest BCUT2D eigenvalue weighted by Gasteiger charge is -2.06. The summed E-state index contributed by atoms with van der Waals surface area (Å²) in [4.78, 5) is 18.3. The number of hydrogen-bond acceptors (Lipinski definition) is 4. The van der Waals surface area contributed by atoms with Crippen molar-refractivity contribution >= 4 is 22.2 Å². The molecule has 2 N–H and O–H groups in total. The van der Waals surface area contributed by atoms with E-state index in [-0.39, 0.29) is 5.91 Å². The molecular formula is C13H20N4OS. The first kappa shape index (κ1) is 14.0. The summed E-state index contributed by atoms with van der Waals surface area (Å²) in [5.41, 5.74) is 2.15. The maximum Gasteiger partial charge on any atom is 0.233 e. The standard InChI is InChI=1S/C13H20N4OS/c1-4-5-15-12(18)7-14-6-11-10(3)16-13-17(11)8-9(2)19-13/h8,14H,4-7H2,1-3H3,(H,15,18). The number of nitrogens with zero attached hydrogens (tertiary/aromatic N) is 2. The van der Waals surface area contributed by atoms with Crippen molar-refractivity contribution in [1.29, 1.82) is 0 Å². The highest BCUT2D eigenvalue weighted by Gasteiger charge is 2.11. The highest BCUT2D eigenvalue weighted by atomic mass is 32.1. The maximum absolute atomic E-state index is 11.5. The molecule has 0 unspecified atom stereocenters. The van der Waals surface area contributed by atoms with Crippen LogP contribution < -0.4 is 10.6 Å². The van der Waals surface area contributed by atoms with E-state index < -0.39 is 0 Å². The number of carbonyl (C=O) groups is 1. The minimum absolute atomic E-state index is 0.0433. The number of thiazole rings is 1. The Labute approximate surface area is 117 Å². The van der Waals surface area contributed by atoms with E-state index >= 15 is 0 Å². The number of aryl methyl sites for hydroxylation is 2. The molecule has 0 aliphatic heterocycles. The Kier molecular flexibility index (Phi) is 4.55. The molecule has 0 bridgehead atoms. The molecule has 0 fully saturated rings. The fourth-order valence-electron chi connectivity index (χ4n) is 1.94. The molecule has 0 aliphatic rings. The summed E-state index contributed by atoms with van der Waals surface area (Å²) >= 11 is 1.68. The van der Waals surface area contributed by atoms with Crippen LogP contribution in [0.2, 0.25) is 0 Å². The zero-order chi connectivity index (χ0) is 13.8. The molecule has 0 saturated carbocycles. The van der Waals surface area contributed by atoms with Crippen LogP contribution in [0.1, 0.15) is 29.6 Å². The smallest absolute Gasteiger partial charge is 0.233 e. The summed E-state index contributed by atoms with van der Waals surface area (Å²) in [6, 6.07) is 0. The fourth-order valence-corrected chi connectivity index (χ4v) is 2.83. The molecule has 0 aromatic carbocycles. The number of carbonyl (C=O) groups excluding carboxylic acids is 1. The van der Waals surface area contributed by atoms with Gasteiger partial charge in [-0.2, -0.15) is 0 Å². The molecule has 0 atom stereocenters. The predicted octanol–water partition coefficient (Wildman–Crippen LogP) is 1.63. The van der Waals surface area contributed by atoms with E-state index in [0.717, 1.165) is 29.3 Å². The van der Waals surface area contributed by atoms with Gasteiger partial charge in [-0.3, -0.25) is 9.20 Å². The van der Waals surface area contributed by atoms with E-state index in [1.807, 2.05) is 13.8 Å². The molecule has 0 spiro atoms. The number of hydrogen-bond donors (Lipinski definition) is 2. The van der Waals surface area contributed by atoms with Crippen LogP contribution in [-0.4, -0.2) is 28.4 Å². The molecular weight excluding hydrogens is 260 g/mol. The van der Waals surface area contributed by atoms with Crippen molar-refractivity contribution < 1.29 is 4.79 Å². The molecule has 2 aromatic heterocycles. The van der Waals surface area contributed by atoms with Gasteiger partial charge in [0, 0.05) is 24.2 Å². The Bertz CT molecular complexity index is 572. The Hall–Kier alpha value is -1.40. The Balaban J connectivity index is 1.94. The van der Waals surface area contributed by atoms with E-state index in [0.29, 0.717) is 13.1 Å². The van der Waals surface area contributed by atoms with Crippen molar-refractivity contribution in [3.05, 3.63) is 22.5 Å². The van der Waals surface area contributed by atoms with Crippen molar-refractivity contribution in [3.63, 3.8) is 0 Å². The van der Waals surface area contributed by atoms with Gasteiger partial charge in [-0.1, -0.05) is 6.92 Å². The van der Waals surface area contributed by atoms with Crippen molar-refractivity contribution in [2.75, 3.05) is 13.1 Å². The zero-order valence-corrected chi connectivity index (χ0v) is 12.4. The van der Waals surface area contributed by atoms with Gasteiger partial charge >= 0.3 is 0 Å². The third-order valence-corrected chi connectivity index (χ3v) is 3.79. The van der Waals surface area contributed by atoms with Crippen molar-refractivity contribution in [1.82, 2.24) is 20.0 Å². The van der Waals surface area contributed by atoms with E-state index in [1.54, 1.807) is 11.3 Å². The topological polar surface area (TPSA) is 58.4 Å². The van der Waals surface area contributed by atoms with Gasteiger partial charge < -0.3 is 10.6 Å². The van der Waals surface area contributed by atoms with Crippen LogP contribution in [0.3, 0.4) is 0 Å². The molecule has 2 aromatic rings. The van der Waals surface area contributed by atoms with Crippen molar-refractivity contribution in [3.8, 4) is 0 Å². The summed E-state index contributed by atoms with van der Waals surface area (Å²) in [5, 5.41) is 6.02. The highest BCUT2D eigenvalue weighted by molar-refractivity contribution is 7.17. The average molecular weight is 280 g/mol. The molecule has 19 heavy (non-hydrogen) atoms. The summed E-state index contributed by atoms with van der Waals surface area (Å²) in [6.45, 7) is 7.85. The van der Waals surface area contributed by atoms with Crippen LogP contribution in [0, 0.1) is 13.8 Å². The van der Waals surface area contributed by atoms with Crippen LogP contribution >= 0.6 is 11.3 Å². The van der Waals surface area contributed by atoms with Crippen LogP contribution in [-0.2, 0) is 11.3 Å². The zero-order valence-electron chi connectivity index (χ0n) is 11.6. The molecule has 5 nitrogen and oxygen atoms in total. The minimum Gasteiger partial charge on any atom is -0.355 e. The van der Waals surface area contributed by atoms with Gasteiger partial charge in [0.05, 0.1) is 17.9 Å². The number of nitrogens with one attached hydrogen (secondary N) is 2. The number of amides is 1. The van der Waals surface area contributed by atoms with Crippen LogP contribution in [0.25, 0.3) is 4.96 Å². The fraction of sp³-hybridized carbons (Fsp3) is 0.538. The van der Waals surface area contributed by atoms with Gasteiger partial charge in [0.2, 0.25) is 5.91 Å². The number of rotatable bonds is 6. The van der Waals surface area contributed by atoms with Crippen LogP contribution in [0.15, 0.2) is 6.20 Å². The largest absolute Gasteiger partial charge is 0.355 e. The van der Waals surface area contributed by atoms with Crippen molar-refractivity contribution in [2.24, 2.45) is 0 Å². The lowest BCUT2D eigenvalue weighted by Crippen LogP contribution is -2.34. The first-order valence-electron chi connectivity index (χ1n) is 6.53. The normalized spacial score (nSPS) is 11.1. The van der Waals surface area contributed by atoms with E-state index in [9.17, 15) is 4.79 Å². The van der Waals surface area contributed by atoms with Gasteiger partial charge in [0.1, 0.15) is 0 Å². The second-order valence-corrected chi connectivity index (χ2v) is 5.81. The van der Waals surface area contributed by atoms with E-state index in [4.69, 9.17) is 0 Å². The first-order valence-corrected chi connectivity index (χ1v) is 7.35. The molecule has 2 rings (SSSR count). The second-order valence-electron chi connectivity index (χ2n) is 4.59. The predicted molar refractivity (Wildman–Crippen MR) is 77.6 cm³/mol. The van der Waals surface area contributed by atoms with E-state index in [1.165, 1.54) is 4.88 Å². The number of fused-ring (bicyclic) bond motifs is 1. The summed E-state index contributed by atoms with van der Waals surface area (Å²) < 4.78 is 2.10. The summed E-state index contributed by atoms with van der Waals surface area (Å²) in [7, 11) is 0. The lowest BCUT2D eigenvalue weighted by molar-refractivity contribution is -0.120. The third-order valence-electron chi connectivity index (χ3n) is 2.89. The van der Waals surface area contributed by atoms with Gasteiger partial charge in [0.25, 0.3) is 0 Å². The molecule has 0 radical (unpaired) electrons. The summed E-state index contributed by atoms with van der Waals surface area (Å²) in [6.07, 6.45) is 3.05. The maximum atomic E-state index is 11.5. The number of aromatic nitrogens is 2. The average Bonchev–Trinajstić information content (AvgIpc) is 2.84. The van der Waals surface area contributed by atoms with Gasteiger partial charge in [-0.05, 0) is 20.3 Å². The third kappa shape index (κ3) is 3.33. The molecule has 1 amide bonds. The molecule has 2 heterocycles. The molecule has 104 valence electrons. The first-order chi connectivity index (χ1) is 9.11. The van der Waals surface area contributed by atoms with Crippen LogP contribution in [0.5, 0.6) is 0 Å². The Morgan fingerprint density at radius 3 is 3.00 bits per heavy atom. The quantitative estimate of drug-likeness (QED) is 0.845. The molecule has 6 heteroatoms. The van der Waals surface area contributed by atoms with Gasteiger partial charge in [0.15, 0.2) is 4.96 Å². The van der Waals surface area contributed by atoms with Crippen molar-refractivity contribution in [2.45, 2.75) is 33.7 Å². The second kappa shape index (κ2) is 6.16. The lowest BCUT2D eigenvalue weighted by atomic mass is 10.3.